The minimum absolute atomic E-state index is 0.0216. The van der Waals surface area contributed by atoms with Crippen LogP contribution in [0.2, 0.25) is 0 Å². The van der Waals surface area contributed by atoms with Gasteiger partial charge in [-0.05, 0) is 149 Å². The molecule has 2 nitrogen and oxygen atoms in total. The topological polar surface area (TPSA) is 25.8 Å². The monoisotopic (exact) mass is 616 g/mol. The smallest absolute Gasteiger partial charge is 0.243 e. The normalized spacial score (nSPS) is 11.9. The van der Waals surface area contributed by atoms with Crippen LogP contribution in [0.25, 0.3) is 27.8 Å². The van der Waals surface area contributed by atoms with Crippen molar-refractivity contribution in [1.29, 1.82) is 0 Å². The Morgan fingerprint density at radius 1 is 0.638 bits per heavy atom. The highest BCUT2D eigenvalue weighted by Gasteiger charge is 2.33. The van der Waals surface area contributed by atoms with Gasteiger partial charge in [0.05, 0.1) is 0 Å². The molecular weight excluding hydrogens is 567 g/mol. The third-order valence-electron chi connectivity index (χ3n) is 10.1. The zero-order valence-corrected chi connectivity index (χ0v) is 30.3. The fourth-order valence-corrected chi connectivity index (χ4v) is 8.03. The molecule has 2 heterocycles. The maximum absolute atomic E-state index is 4.52. The number of pyridine rings is 2. The Morgan fingerprint density at radius 3 is 1.57 bits per heavy atom. The molecule has 0 unspecified atom stereocenters. The average Bonchev–Trinajstić information content (AvgIpc) is 3.04. The quantitative estimate of drug-likeness (QED) is 0.128. The summed E-state index contributed by atoms with van der Waals surface area (Å²) >= 11 is 0. The molecule has 0 aliphatic carbocycles. The van der Waals surface area contributed by atoms with Gasteiger partial charge in [0.1, 0.15) is 0 Å². The fraction of sp³-hybridized carbons (Fsp3) is 0.273. The fourth-order valence-electron chi connectivity index (χ4n) is 8.03. The van der Waals surface area contributed by atoms with Crippen LogP contribution in [0.4, 0.5) is 0 Å². The van der Waals surface area contributed by atoms with Gasteiger partial charge in [0, 0.05) is 35.9 Å². The van der Waals surface area contributed by atoms with E-state index in [0.29, 0.717) is 0 Å². The Balaban J connectivity index is 1.96. The average molecular weight is 617 g/mol. The Bertz CT molecular complexity index is 1900. The molecule has 2 aromatic heterocycles. The summed E-state index contributed by atoms with van der Waals surface area (Å²) in [4.78, 5) is 9.04. The predicted octanol–water partition coefficient (Wildman–Crippen LogP) is 9.47. The van der Waals surface area contributed by atoms with E-state index in [-0.39, 0.29) is 6.71 Å². The second kappa shape index (κ2) is 14.1. The minimum Gasteiger partial charge on any atom is -0.264 e. The molecule has 0 amide bonds. The van der Waals surface area contributed by atoms with E-state index in [0.717, 1.165) is 17.5 Å². The molecule has 0 radical (unpaired) electrons. The van der Waals surface area contributed by atoms with Crippen molar-refractivity contribution in [2.75, 3.05) is 0 Å². The van der Waals surface area contributed by atoms with Crippen molar-refractivity contribution in [3.8, 4) is 22.3 Å². The van der Waals surface area contributed by atoms with Gasteiger partial charge in [0.25, 0.3) is 0 Å². The van der Waals surface area contributed by atoms with E-state index in [1.165, 1.54) is 88.7 Å². The standard InChI is InChI=1S/C44H49BN2/c1-12-14-17-36(13-2)42-32(8)27(3)24-39(33(42)9)45(43-30(6)22-28(4)40(34(43)10)37-18-15-20-46-25-37)44-31(7)23-29(5)41(35(44)11)38-19-16-21-47-26-38/h13-26H,12H2,1-11H3/b17-14-,36-13+. The molecule has 0 saturated heterocycles. The molecule has 0 aliphatic rings. The van der Waals surface area contributed by atoms with E-state index in [1.54, 1.807) is 0 Å². The minimum atomic E-state index is 0.0216. The highest BCUT2D eigenvalue weighted by Crippen LogP contribution is 2.32. The lowest BCUT2D eigenvalue weighted by molar-refractivity contribution is 1.22. The number of nitrogens with zero attached hydrogens (tertiary/aromatic N) is 2. The number of hydrogen-bond acceptors (Lipinski definition) is 2. The van der Waals surface area contributed by atoms with Crippen LogP contribution in [0.5, 0.6) is 0 Å². The Hall–Kier alpha value is -4.50. The Labute approximate surface area is 283 Å². The summed E-state index contributed by atoms with van der Waals surface area (Å²) in [5.41, 5.74) is 23.5. The lowest BCUT2D eigenvalue weighted by atomic mass is 9.33. The Morgan fingerprint density at radius 2 is 1.15 bits per heavy atom. The zero-order chi connectivity index (χ0) is 34.0. The maximum atomic E-state index is 4.52. The van der Waals surface area contributed by atoms with Crippen molar-refractivity contribution < 1.29 is 0 Å². The van der Waals surface area contributed by atoms with Gasteiger partial charge in [-0.15, -0.1) is 0 Å². The molecule has 0 fully saturated rings. The first-order valence-corrected chi connectivity index (χ1v) is 17.0. The second-order valence-corrected chi connectivity index (χ2v) is 13.2. The van der Waals surface area contributed by atoms with Crippen LogP contribution in [0.1, 0.15) is 75.9 Å². The molecule has 5 rings (SSSR count). The number of aryl methyl sites for hydroxylation is 5. The summed E-state index contributed by atoms with van der Waals surface area (Å²) in [7, 11) is 0. The van der Waals surface area contributed by atoms with Crippen molar-refractivity contribution in [1.82, 2.24) is 9.97 Å². The van der Waals surface area contributed by atoms with Crippen LogP contribution in [0, 0.1) is 62.3 Å². The molecule has 0 bridgehead atoms. The third kappa shape index (κ3) is 6.29. The van der Waals surface area contributed by atoms with Gasteiger partial charge in [-0.25, -0.2) is 0 Å². The molecule has 47 heavy (non-hydrogen) atoms. The van der Waals surface area contributed by atoms with E-state index in [2.05, 4.69) is 135 Å². The number of benzene rings is 3. The number of hydrogen-bond donors (Lipinski definition) is 0. The molecule has 0 N–H and O–H groups in total. The van der Waals surface area contributed by atoms with E-state index >= 15 is 0 Å². The van der Waals surface area contributed by atoms with Gasteiger partial charge >= 0.3 is 0 Å². The summed E-state index contributed by atoms with van der Waals surface area (Å²) < 4.78 is 0. The summed E-state index contributed by atoms with van der Waals surface area (Å²) in [6, 6.07) is 15.7. The largest absolute Gasteiger partial charge is 0.264 e. The highest BCUT2D eigenvalue weighted by atomic mass is 14.6. The van der Waals surface area contributed by atoms with Gasteiger partial charge in [-0.1, -0.05) is 83.0 Å². The summed E-state index contributed by atoms with van der Waals surface area (Å²) in [5.74, 6) is 0. The first-order chi connectivity index (χ1) is 22.5. The van der Waals surface area contributed by atoms with E-state index in [9.17, 15) is 0 Å². The summed E-state index contributed by atoms with van der Waals surface area (Å²) in [6.07, 6.45) is 15.6. The van der Waals surface area contributed by atoms with Crippen LogP contribution in [0.3, 0.4) is 0 Å². The van der Waals surface area contributed by atoms with E-state index in [1.807, 2.05) is 36.9 Å². The number of rotatable bonds is 8. The van der Waals surface area contributed by atoms with Crippen molar-refractivity contribution in [3.63, 3.8) is 0 Å². The molecule has 3 heteroatoms. The SMILES string of the molecule is C/C=C(\C=C/CC)c1c(C)c(C)cc(B(c2c(C)cc(C)c(-c3cccnc3)c2C)c2c(C)cc(C)c(-c3cccnc3)c2C)c1C. The lowest BCUT2D eigenvalue weighted by Gasteiger charge is -2.30. The van der Waals surface area contributed by atoms with Crippen molar-refractivity contribution in [3.05, 3.63) is 141 Å². The molecule has 0 spiro atoms. The van der Waals surface area contributed by atoms with Gasteiger partial charge in [0.15, 0.2) is 0 Å². The molecule has 0 saturated carbocycles. The van der Waals surface area contributed by atoms with E-state index in [4.69, 9.17) is 0 Å². The van der Waals surface area contributed by atoms with Crippen molar-refractivity contribution in [2.24, 2.45) is 0 Å². The number of aromatic nitrogens is 2. The van der Waals surface area contributed by atoms with Gasteiger partial charge in [-0.2, -0.15) is 0 Å². The third-order valence-corrected chi connectivity index (χ3v) is 10.1. The Kier molecular flexibility index (Phi) is 10.2. The first-order valence-electron chi connectivity index (χ1n) is 17.0. The zero-order valence-electron chi connectivity index (χ0n) is 30.3. The van der Waals surface area contributed by atoms with Crippen molar-refractivity contribution >= 4 is 28.7 Å². The summed E-state index contributed by atoms with van der Waals surface area (Å²) in [5, 5.41) is 0. The van der Waals surface area contributed by atoms with Gasteiger partial charge in [0.2, 0.25) is 6.71 Å². The molecule has 238 valence electrons. The maximum Gasteiger partial charge on any atom is 0.243 e. The predicted molar refractivity (Wildman–Crippen MR) is 206 cm³/mol. The second-order valence-electron chi connectivity index (χ2n) is 13.2. The van der Waals surface area contributed by atoms with Crippen molar-refractivity contribution in [2.45, 2.75) is 82.6 Å². The molecule has 0 aliphatic heterocycles. The van der Waals surface area contributed by atoms with Crippen LogP contribution < -0.4 is 16.4 Å². The highest BCUT2D eigenvalue weighted by molar-refractivity contribution is 6.97. The molecule has 5 aromatic rings. The first kappa shape index (κ1) is 33.9. The van der Waals surface area contributed by atoms with Crippen LogP contribution in [0.15, 0.2) is 85.5 Å². The van der Waals surface area contributed by atoms with E-state index < -0.39 is 0 Å². The molecule has 0 atom stereocenters. The number of allylic oxidation sites excluding steroid dienone is 4. The lowest BCUT2D eigenvalue weighted by Crippen LogP contribution is -2.57. The van der Waals surface area contributed by atoms with Crippen LogP contribution >= 0.6 is 0 Å². The molecular formula is C44H49BN2. The van der Waals surface area contributed by atoms with Crippen LogP contribution in [-0.4, -0.2) is 16.7 Å². The van der Waals surface area contributed by atoms with Gasteiger partial charge < -0.3 is 0 Å². The molecule has 3 aromatic carbocycles. The summed E-state index contributed by atoms with van der Waals surface area (Å²) in [6.45, 7) is 25.0. The van der Waals surface area contributed by atoms with Gasteiger partial charge in [-0.3, -0.25) is 9.97 Å². The van der Waals surface area contributed by atoms with Crippen LogP contribution in [-0.2, 0) is 0 Å².